The lowest BCUT2D eigenvalue weighted by Crippen LogP contribution is -2.47. The average Bonchev–Trinajstić information content (AvgIpc) is 2.62. The lowest BCUT2D eigenvalue weighted by Gasteiger charge is -2.38. The van der Waals surface area contributed by atoms with Crippen LogP contribution in [0.4, 0.5) is 0 Å². The van der Waals surface area contributed by atoms with Crippen molar-refractivity contribution in [3.63, 3.8) is 0 Å². The van der Waals surface area contributed by atoms with Crippen LogP contribution in [0.25, 0.3) is 0 Å². The molecule has 2 nitrogen and oxygen atoms in total. The molecule has 3 atom stereocenters. The second-order valence-corrected chi connectivity index (χ2v) is 6.60. The molecular formula is C16H23ClN2. The summed E-state index contributed by atoms with van der Waals surface area (Å²) < 4.78 is 0. The second kappa shape index (κ2) is 5.43. The molecule has 104 valence electrons. The van der Waals surface area contributed by atoms with Crippen molar-refractivity contribution >= 4 is 11.6 Å². The van der Waals surface area contributed by atoms with E-state index in [9.17, 15) is 0 Å². The van der Waals surface area contributed by atoms with Crippen molar-refractivity contribution in [3.8, 4) is 0 Å². The Morgan fingerprint density at radius 2 is 1.95 bits per heavy atom. The summed E-state index contributed by atoms with van der Waals surface area (Å²) in [6.07, 6.45) is 5.34. The number of fused-ring (bicyclic) bond motifs is 2. The minimum atomic E-state index is 0.381. The van der Waals surface area contributed by atoms with Gasteiger partial charge in [0, 0.05) is 29.2 Å². The fourth-order valence-corrected chi connectivity index (χ4v) is 3.97. The van der Waals surface area contributed by atoms with Crippen LogP contribution in [0.2, 0.25) is 5.02 Å². The first-order chi connectivity index (χ1) is 9.13. The Labute approximate surface area is 121 Å². The van der Waals surface area contributed by atoms with E-state index in [0.717, 1.165) is 17.1 Å². The maximum atomic E-state index is 6.07. The van der Waals surface area contributed by atoms with Crippen LogP contribution in [0.5, 0.6) is 0 Å². The van der Waals surface area contributed by atoms with E-state index < -0.39 is 0 Å². The molecule has 3 rings (SSSR count). The molecule has 1 aromatic carbocycles. The Morgan fingerprint density at radius 1 is 1.26 bits per heavy atom. The summed E-state index contributed by atoms with van der Waals surface area (Å²) in [5.74, 6) is 0. The third-order valence-corrected chi connectivity index (χ3v) is 5.17. The molecule has 2 saturated heterocycles. The highest BCUT2D eigenvalue weighted by molar-refractivity contribution is 6.30. The molecule has 1 N–H and O–H groups in total. The van der Waals surface area contributed by atoms with Gasteiger partial charge in [0.05, 0.1) is 0 Å². The van der Waals surface area contributed by atoms with Gasteiger partial charge < -0.3 is 10.2 Å². The normalized spacial score (nSPS) is 32.5. The van der Waals surface area contributed by atoms with Gasteiger partial charge in [0.25, 0.3) is 0 Å². The van der Waals surface area contributed by atoms with Crippen molar-refractivity contribution in [2.75, 3.05) is 7.05 Å². The molecule has 0 aliphatic carbocycles. The lowest BCUT2D eigenvalue weighted by molar-refractivity contribution is 0.144. The molecule has 0 aromatic heterocycles. The minimum Gasteiger partial charge on any atom is -0.307 e. The minimum absolute atomic E-state index is 0.381. The van der Waals surface area contributed by atoms with E-state index in [1.807, 2.05) is 12.1 Å². The van der Waals surface area contributed by atoms with Crippen LogP contribution >= 0.6 is 11.6 Å². The fourth-order valence-electron chi connectivity index (χ4n) is 3.77. The molecule has 0 radical (unpaired) electrons. The SMILES string of the molecule is CC(NC1CC2CCC(C1)N2C)c1cccc(Cl)c1. The Hall–Kier alpha value is -0.570. The maximum absolute atomic E-state index is 6.07. The summed E-state index contributed by atoms with van der Waals surface area (Å²) in [4.78, 5) is 2.59. The van der Waals surface area contributed by atoms with Crippen LogP contribution in [-0.2, 0) is 0 Å². The van der Waals surface area contributed by atoms with Crippen molar-refractivity contribution in [3.05, 3.63) is 34.9 Å². The van der Waals surface area contributed by atoms with Crippen LogP contribution in [0.3, 0.4) is 0 Å². The van der Waals surface area contributed by atoms with Crippen molar-refractivity contribution in [2.24, 2.45) is 0 Å². The van der Waals surface area contributed by atoms with Gasteiger partial charge in [0.1, 0.15) is 0 Å². The van der Waals surface area contributed by atoms with Crippen LogP contribution in [0.15, 0.2) is 24.3 Å². The van der Waals surface area contributed by atoms with Gasteiger partial charge in [-0.2, -0.15) is 0 Å². The fraction of sp³-hybridized carbons (Fsp3) is 0.625. The largest absolute Gasteiger partial charge is 0.307 e. The molecular weight excluding hydrogens is 256 g/mol. The van der Waals surface area contributed by atoms with Crippen molar-refractivity contribution in [1.29, 1.82) is 0 Å². The van der Waals surface area contributed by atoms with Crippen LogP contribution in [0, 0.1) is 0 Å². The van der Waals surface area contributed by atoms with Crippen molar-refractivity contribution in [1.82, 2.24) is 10.2 Å². The summed E-state index contributed by atoms with van der Waals surface area (Å²) >= 11 is 6.07. The number of nitrogens with zero attached hydrogens (tertiary/aromatic N) is 1. The Balaban J connectivity index is 1.63. The molecule has 2 aliphatic heterocycles. The van der Waals surface area contributed by atoms with E-state index in [1.54, 1.807) is 0 Å². The Morgan fingerprint density at radius 3 is 2.58 bits per heavy atom. The molecule has 2 heterocycles. The first-order valence-electron chi connectivity index (χ1n) is 7.37. The standard InChI is InChI=1S/C16H23ClN2/c1-11(12-4-3-5-13(17)8-12)18-14-9-15-6-7-16(10-14)19(15)2/h3-5,8,11,14-16,18H,6-7,9-10H2,1-2H3. The summed E-state index contributed by atoms with van der Waals surface area (Å²) in [5.41, 5.74) is 1.29. The molecule has 3 heteroatoms. The van der Waals surface area contributed by atoms with E-state index in [2.05, 4.69) is 36.3 Å². The lowest BCUT2D eigenvalue weighted by atomic mass is 9.96. The summed E-state index contributed by atoms with van der Waals surface area (Å²) in [6, 6.07) is 10.8. The van der Waals surface area contributed by atoms with Crippen LogP contribution < -0.4 is 5.32 Å². The van der Waals surface area contributed by atoms with Gasteiger partial charge in [-0.25, -0.2) is 0 Å². The predicted molar refractivity (Wildman–Crippen MR) is 80.6 cm³/mol. The van der Waals surface area contributed by atoms with Gasteiger partial charge in [-0.15, -0.1) is 0 Å². The molecule has 19 heavy (non-hydrogen) atoms. The molecule has 2 fully saturated rings. The Bertz CT molecular complexity index is 434. The number of nitrogens with one attached hydrogen (secondary N) is 1. The Kier molecular flexibility index (Phi) is 3.84. The number of hydrogen-bond acceptors (Lipinski definition) is 2. The molecule has 0 saturated carbocycles. The van der Waals surface area contributed by atoms with Crippen LogP contribution in [0.1, 0.15) is 44.2 Å². The first kappa shape index (κ1) is 13.4. The van der Waals surface area contributed by atoms with Crippen molar-refractivity contribution in [2.45, 2.75) is 56.8 Å². The quantitative estimate of drug-likeness (QED) is 0.909. The third-order valence-electron chi connectivity index (χ3n) is 4.93. The zero-order chi connectivity index (χ0) is 13.4. The number of halogens is 1. The molecule has 1 aromatic rings. The van der Waals surface area contributed by atoms with Gasteiger partial charge in [0.15, 0.2) is 0 Å². The van der Waals surface area contributed by atoms with E-state index >= 15 is 0 Å². The second-order valence-electron chi connectivity index (χ2n) is 6.16. The van der Waals surface area contributed by atoms with E-state index in [0.29, 0.717) is 12.1 Å². The predicted octanol–water partition coefficient (Wildman–Crippen LogP) is 3.62. The zero-order valence-electron chi connectivity index (χ0n) is 11.8. The van der Waals surface area contributed by atoms with Crippen molar-refractivity contribution < 1.29 is 0 Å². The molecule has 2 aliphatic rings. The molecule has 2 bridgehead atoms. The van der Waals surface area contributed by atoms with Gasteiger partial charge in [-0.1, -0.05) is 23.7 Å². The monoisotopic (exact) mass is 278 g/mol. The molecule has 0 spiro atoms. The van der Waals surface area contributed by atoms with E-state index in [1.165, 1.54) is 31.2 Å². The summed E-state index contributed by atoms with van der Waals surface area (Å²) in [6.45, 7) is 2.24. The first-order valence-corrected chi connectivity index (χ1v) is 7.74. The van der Waals surface area contributed by atoms with Gasteiger partial charge >= 0.3 is 0 Å². The summed E-state index contributed by atoms with van der Waals surface area (Å²) in [7, 11) is 2.29. The van der Waals surface area contributed by atoms with Gasteiger partial charge in [0.2, 0.25) is 0 Å². The number of piperidine rings is 1. The van der Waals surface area contributed by atoms with E-state index in [-0.39, 0.29) is 0 Å². The maximum Gasteiger partial charge on any atom is 0.0409 e. The average molecular weight is 279 g/mol. The summed E-state index contributed by atoms with van der Waals surface area (Å²) in [5, 5.41) is 4.63. The smallest absolute Gasteiger partial charge is 0.0409 e. The highest BCUT2D eigenvalue weighted by Crippen LogP contribution is 2.35. The topological polar surface area (TPSA) is 15.3 Å². The molecule has 3 unspecified atom stereocenters. The highest BCUT2D eigenvalue weighted by atomic mass is 35.5. The van der Waals surface area contributed by atoms with Gasteiger partial charge in [-0.05, 0) is 57.4 Å². The van der Waals surface area contributed by atoms with Crippen LogP contribution in [-0.4, -0.2) is 30.1 Å². The highest BCUT2D eigenvalue weighted by Gasteiger charge is 2.38. The van der Waals surface area contributed by atoms with E-state index in [4.69, 9.17) is 11.6 Å². The number of benzene rings is 1. The number of rotatable bonds is 3. The van der Waals surface area contributed by atoms with Gasteiger partial charge in [-0.3, -0.25) is 0 Å². The zero-order valence-corrected chi connectivity index (χ0v) is 12.5. The third kappa shape index (κ3) is 2.81. The molecule has 0 amide bonds. The number of hydrogen-bond donors (Lipinski definition) is 1.